The number of rotatable bonds is 7. The fraction of sp³-hybridized carbons (Fsp3) is 0.455. The van der Waals surface area contributed by atoms with Crippen LogP contribution in [0.25, 0.3) is 11.0 Å². The van der Waals surface area contributed by atoms with Crippen LogP contribution in [-0.4, -0.2) is 57.4 Å². The molecule has 0 aliphatic carbocycles. The van der Waals surface area contributed by atoms with E-state index in [-0.39, 0.29) is 19.0 Å². The van der Waals surface area contributed by atoms with Crippen molar-refractivity contribution in [1.29, 1.82) is 0 Å². The fourth-order valence-electron chi connectivity index (χ4n) is 4.03. The number of fused-ring (bicyclic) bond motifs is 1. The second-order valence-electron chi connectivity index (χ2n) is 8.08. The standard InChI is InChI=1S/C22H26ClF3N6O2/c1-11-14(7-6-8-31(4)21(33)22(24,25)26)18(34-5)15(9-16(11)23)13(3)32-20-17(12(2)30-32)19(27)28-10-29-20/h9-10,13H,6-8H2,1-5H3,(H2,27,28,29). The van der Waals surface area contributed by atoms with Crippen LogP contribution in [0.2, 0.25) is 5.02 Å². The predicted molar refractivity (Wildman–Crippen MR) is 123 cm³/mol. The molecule has 1 atom stereocenters. The molecule has 2 heterocycles. The lowest BCUT2D eigenvalue weighted by Gasteiger charge is -2.23. The zero-order chi connectivity index (χ0) is 25.4. The van der Waals surface area contributed by atoms with E-state index in [1.807, 2.05) is 20.8 Å². The molecule has 0 bridgehead atoms. The van der Waals surface area contributed by atoms with Crippen LogP contribution in [-0.2, 0) is 11.2 Å². The number of alkyl halides is 3. The summed E-state index contributed by atoms with van der Waals surface area (Å²) < 4.78 is 45.5. The Balaban J connectivity index is 1.96. The van der Waals surface area contributed by atoms with Gasteiger partial charge in [-0.15, -0.1) is 0 Å². The summed E-state index contributed by atoms with van der Waals surface area (Å²) in [6.45, 7) is 5.47. The van der Waals surface area contributed by atoms with Crippen molar-refractivity contribution in [2.75, 3.05) is 26.4 Å². The number of anilines is 1. The van der Waals surface area contributed by atoms with E-state index in [1.54, 1.807) is 10.7 Å². The van der Waals surface area contributed by atoms with Gasteiger partial charge in [0, 0.05) is 24.2 Å². The van der Waals surface area contributed by atoms with Gasteiger partial charge in [-0.2, -0.15) is 18.3 Å². The number of halogens is 4. The second kappa shape index (κ2) is 9.65. The van der Waals surface area contributed by atoms with Gasteiger partial charge in [0.05, 0.1) is 24.2 Å². The Morgan fingerprint density at radius 2 is 2.00 bits per heavy atom. The second-order valence-corrected chi connectivity index (χ2v) is 8.48. The Labute approximate surface area is 199 Å². The highest BCUT2D eigenvalue weighted by atomic mass is 35.5. The molecule has 0 saturated heterocycles. The topological polar surface area (TPSA) is 99.2 Å². The van der Waals surface area contributed by atoms with Crippen LogP contribution >= 0.6 is 11.6 Å². The minimum atomic E-state index is -4.90. The summed E-state index contributed by atoms with van der Waals surface area (Å²) in [5.41, 5.74) is 9.49. The van der Waals surface area contributed by atoms with Crippen LogP contribution in [0.5, 0.6) is 5.75 Å². The van der Waals surface area contributed by atoms with Crippen molar-refractivity contribution in [3.8, 4) is 5.75 Å². The van der Waals surface area contributed by atoms with Crippen LogP contribution in [0.15, 0.2) is 12.4 Å². The summed E-state index contributed by atoms with van der Waals surface area (Å²) in [6, 6.07) is 1.43. The molecule has 0 aliphatic rings. The summed E-state index contributed by atoms with van der Waals surface area (Å²) in [4.78, 5) is 20.4. The van der Waals surface area contributed by atoms with Gasteiger partial charge in [0.15, 0.2) is 5.65 Å². The van der Waals surface area contributed by atoms with Gasteiger partial charge in [0.1, 0.15) is 17.9 Å². The van der Waals surface area contributed by atoms with Crippen LogP contribution in [0.3, 0.4) is 0 Å². The monoisotopic (exact) mass is 498 g/mol. The zero-order valence-electron chi connectivity index (χ0n) is 19.5. The van der Waals surface area contributed by atoms with Crippen LogP contribution in [0.4, 0.5) is 19.0 Å². The smallest absolute Gasteiger partial charge is 0.471 e. The minimum Gasteiger partial charge on any atom is -0.496 e. The number of ether oxygens (including phenoxy) is 1. The van der Waals surface area contributed by atoms with Crippen molar-refractivity contribution in [3.05, 3.63) is 39.8 Å². The Bertz CT molecular complexity index is 1230. The summed E-state index contributed by atoms with van der Waals surface area (Å²) in [6.07, 6.45) is -2.89. The molecule has 1 amide bonds. The SMILES string of the molecule is COc1c(C(C)n2nc(C)c3c(N)ncnc32)cc(Cl)c(C)c1CCCN(C)C(=O)C(F)(F)F. The number of nitrogen functional groups attached to an aromatic ring is 1. The lowest BCUT2D eigenvalue weighted by atomic mass is 9.95. The lowest BCUT2D eigenvalue weighted by molar-refractivity contribution is -0.184. The van der Waals surface area contributed by atoms with Gasteiger partial charge in [0.2, 0.25) is 0 Å². The highest BCUT2D eigenvalue weighted by Crippen LogP contribution is 2.39. The minimum absolute atomic E-state index is 0.0719. The average Bonchev–Trinajstić information content (AvgIpc) is 3.12. The molecule has 184 valence electrons. The molecule has 0 aliphatic heterocycles. The molecule has 0 spiro atoms. The number of hydrogen-bond acceptors (Lipinski definition) is 6. The van der Waals surface area contributed by atoms with Crippen molar-refractivity contribution in [3.63, 3.8) is 0 Å². The molecule has 3 rings (SSSR count). The molecule has 0 radical (unpaired) electrons. The number of methoxy groups -OCH3 is 1. The van der Waals surface area contributed by atoms with Gasteiger partial charge in [-0.1, -0.05) is 11.6 Å². The number of carbonyl (C=O) groups excluding carboxylic acids is 1. The molecule has 12 heteroatoms. The highest BCUT2D eigenvalue weighted by molar-refractivity contribution is 6.31. The first-order valence-electron chi connectivity index (χ1n) is 10.5. The molecule has 3 aromatic rings. The Morgan fingerprint density at radius 3 is 2.62 bits per heavy atom. The number of hydrogen-bond donors (Lipinski definition) is 1. The van der Waals surface area contributed by atoms with Gasteiger partial charge in [-0.25, -0.2) is 14.6 Å². The predicted octanol–water partition coefficient (Wildman–Crippen LogP) is 4.25. The van der Waals surface area contributed by atoms with Crippen LogP contribution in [0, 0.1) is 13.8 Å². The van der Waals surface area contributed by atoms with Crippen molar-refractivity contribution in [2.45, 2.75) is 45.8 Å². The van der Waals surface area contributed by atoms with E-state index < -0.39 is 12.1 Å². The van der Waals surface area contributed by atoms with E-state index in [2.05, 4.69) is 15.1 Å². The summed E-state index contributed by atoms with van der Waals surface area (Å²) >= 11 is 6.54. The van der Waals surface area contributed by atoms with E-state index in [9.17, 15) is 18.0 Å². The maximum Gasteiger partial charge on any atom is 0.471 e. The summed E-state index contributed by atoms with van der Waals surface area (Å²) in [5.74, 6) is -0.991. The van der Waals surface area contributed by atoms with Gasteiger partial charge >= 0.3 is 12.1 Å². The van der Waals surface area contributed by atoms with E-state index in [1.165, 1.54) is 13.4 Å². The fourth-order valence-corrected chi connectivity index (χ4v) is 4.26. The first-order chi connectivity index (χ1) is 15.9. The molecular weight excluding hydrogens is 473 g/mol. The Hall–Kier alpha value is -3.08. The molecule has 0 saturated carbocycles. The quantitative estimate of drug-likeness (QED) is 0.523. The van der Waals surface area contributed by atoms with Gasteiger partial charge < -0.3 is 15.4 Å². The third-order valence-electron chi connectivity index (χ3n) is 5.85. The van der Waals surface area contributed by atoms with E-state index in [0.717, 1.165) is 23.7 Å². The molecular formula is C22H26ClF3N6O2. The normalized spacial score (nSPS) is 12.7. The molecule has 8 nitrogen and oxygen atoms in total. The van der Waals surface area contributed by atoms with E-state index >= 15 is 0 Å². The highest BCUT2D eigenvalue weighted by Gasteiger charge is 2.41. The molecule has 2 N–H and O–H groups in total. The van der Waals surface area contributed by atoms with E-state index in [4.69, 9.17) is 22.1 Å². The lowest BCUT2D eigenvalue weighted by Crippen LogP contribution is -2.39. The van der Waals surface area contributed by atoms with Gasteiger partial charge in [0.25, 0.3) is 0 Å². The number of aryl methyl sites for hydroxylation is 1. The number of carbonyl (C=O) groups is 1. The maximum atomic E-state index is 12.7. The van der Waals surface area contributed by atoms with E-state index in [0.29, 0.717) is 44.6 Å². The summed E-state index contributed by atoms with van der Waals surface area (Å²) in [7, 11) is 2.65. The third-order valence-corrected chi connectivity index (χ3v) is 6.25. The number of nitrogens with two attached hydrogens (primary N) is 1. The van der Waals surface area contributed by atoms with Gasteiger partial charge in [-0.05, 0) is 50.8 Å². The summed E-state index contributed by atoms with van der Waals surface area (Å²) in [5, 5.41) is 5.74. The Kier molecular flexibility index (Phi) is 7.25. The first-order valence-corrected chi connectivity index (χ1v) is 10.9. The third kappa shape index (κ3) is 4.75. The van der Waals surface area contributed by atoms with Crippen molar-refractivity contribution >= 4 is 34.4 Å². The molecule has 34 heavy (non-hydrogen) atoms. The van der Waals surface area contributed by atoms with Crippen molar-refractivity contribution in [1.82, 2.24) is 24.6 Å². The Morgan fingerprint density at radius 1 is 1.32 bits per heavy atom. The largest absolute Gasteiger partial charge is 0.496 e. The first kappa shape index (κ1) is 25.5. The molecule has 2 aromatic heterocycles. The number of benzene rings is 1. The molecule has 1 aromatic carbocycles. The van der Waals surface area contributed by atoms with Crippen molar-refractivity contribution < 1.29 is 22.7 Å². The number of amides is 1. The van der Waals surface area contributed by atoms with Crippen molar-refractivity contribution in [2.24, 2.45) is 0 Å². The molecule has 0 fully saturated rings. The zero-order valence-corrected chi connectivity index (χ0v) is 20.3. The van der Waals surface area contributed by atoms with Gasteiger partial charge in [-0.3, -0.25) is 4.79 Å². The van der Waals surface area contributed by atoms with Crippen LogP contribution < -0.4 is 10.5 Å². The number of nitrogens with zero attached hydrogens (tertiary/aromatic N) is 5. The van der Waals surface area contributed by atoms with Crippen LogP contribution in [0.1, 0.15) is 41.8 Å². The average molecular weight is 499 g/mol. The molecule has 1 unspecified atom stereocenters. The number of aromatic nitrogens is 4. The maximum absolute atomic E-state index is 12.7.